The molecule has 0 saturated carbocycles. The molecule has 0 fully saturated rings. The number of hydrogen-bond donors (Lipinski definition) is 1. The van der Waals surface area contributed by atoms with Crippen LogP contribution in [0.25, 0.3) is 11.0 Å². The number of aromatic nitrogens is 4. The highest BCUT2D eigenvalue weighted by molar-refractivity contribution is 7.99. The Morgan fingerprint density at radius 2 is 1.78 bits per heavy atom. The number of hydrogen-bond acceptors (Lipinski definition) is 6. The van der Waals surface area contributed by atoms with Gasteiger partial charge in [-0.15, -0.1) is 10.2 Å². The Balaban J connectivity index is 1.98. The van der Waals surface area contributed by atoms with Crippen molar-refractivity contribution in [2.24, 2.45) is 0 Å². The summed E-state index contributed by atoms with van der Waals surface area (Å²) < 4.78 is 0. The number of nitrogens with zero attached hydrogens (tertiary/aromatic N) is 4. The standard InChI is InChI=1S/C12H9N5S/c13-8-4-3-7-14-11(8)18-12-15-9-5-1-2-6-10(9)16-17-12/h1-7H,13H2. The summed E-state index contributed by atoms with van der Waals surface area (Å²) in [7, 11) is 0. The van der Waals surface area contributed by atoms with E-state index in [1.165, 1.54) is 11.8 Å². The number of nitrogen functional groups attached to an aromatic ring is 1. The van der Waals surface area contributed by atoms with E-state index < -0.39 is 0 Å². The van der Waals surface area contributed by atoms with Crippen LogP contribution in [0, 0.1) is 0 Å². The van der Waals surface area contributed by atoms with Crippen molar-refractivity contribution in [3.05, 3.63) is 42.6 Å². The molecule has 2 heterocycles. The van der Waals surface area contributed by atoms with E-state index in [1.807, 2.05) is 24.3 Å². The lowest BCUT2D eigenvalue weighted by molar-refractivity contribution is 0.878. The van der Waals surface area contributed by atoms with Crippen LogP contribution < -0.4 is 5.73 Å². The van der Waals surface area contributed by atoms with Gasteiger partial charge in [-0.3, -0.25) is 0 Å². The molecule has 0 aliphatic rings. The van der Waals surface area contributed by atoms with E-state index in [9.17, 15) is 0 Å². The molecular formula is C12H9N5S. The highest BCUT2D eigenvalue weighted by Gasteiger charge is 2.06. The van der Waals surface area contributed by atoms with Gasteiger partial charge in [-0.1, -0.05) is 12.1 Å². The lowest BCUT2D eigenvalue weighted by Crippen LogP contribution is -1.95. The highest BCUT2D eigenvalue weighted by Crippen LogP contribution is 2.27. The van der Waals surface area contributed by atoms with Crippen molar-refractivity contribution >= 4 is 28.5 Å². The molecule has 0 spiro atoms. The zero-order valence-corrected chi connectivity index (χ0v) is 10.1. The van der Waals surface area contributed by atoms with Gasteiger partial charge < -0.3 is 5.73 Å². The molecule has 2 N–H and O–H groups in total. The first-order valence-corrected chi connectivity index (χ1v) is 6.12. The van der Waals surface area contributed by atoms with Crippen LogP contribution in [0.15, 0.2) is 52.8 Å². The Hall–Kier alpha value is -2.21. The Labute approximate surface area is 107 Å². The minimum atomic E-state index is 0.541. The van der Waals surface area contributed by atoms with Gasteiger partial charge in [0.05, 0.1) is 11.2 Å². The van der Waals surface area contributed by atoms with Gasteiger partial charge in [0.25, 0.3) is 0 Å². The van der Waals surface area contributed by atoms with E-state index in [-0.39, 0.29) is 0 Å². The molecule has 1 aromatic carbocycles. The first kappa shape index (κ1) is 10.9. The monoisotopic (exact) mass is 255 g/mol. The molecule has 0 radical (unpaired) electrons. The number of benzene rings is 1. The van der Waals surface area contributed by atoms with Crippen LogP contribution in [0.3, 0.4) is 0 Å². The molecule has 0 bridgehead atoms. The molecule has 18 heavy (non-hydrogen) atoms. The molecule has 6 heteroatoms. The predicted molar refractivity (Wildman–Crippen MR) is 70.1 cm³/mol. The summed E-state index contributed by atoms with van der Waals surface area (Å²) in [4.78, 5) is 8.59. The van der Waals surface area contributed by atoms with Crippen LogP contribution in [-0.4, -0.2) is 20.2 Å². The smallest absolute Gasteiger partial charge is 0.216 e. The molecule has 5 nitrogen and oxygen atoms in total. The summed E-state index contributed by atoms with van der Waals surface area (Å²) in [5, 5.41) is 9.38. The summed E-state index contributed by atoms with van der Waals surface area (Å²) in [5.41, 5.74) is 8.02. The fourth-order valence-electron chi connectivity index (χ4n) is 1.48. The molecule has 3 aromatic rings. The van der Waals surface area contributed by atoms with Gasteiger partial charge in [-0.25, -0.2) is 9.97 Å². The quantitative estimate of drug-likeness (QED) is 0.756. The summed E-state index contributed by atoms with van der Waals surface area (Å²) >= 11 is 1.31. The third-order valence-electron chi connectivity index (χ3n) is 2.33. The van der Waals surface area contributed by atoms with Gasteiger partial charge in [0.2, 0.25) is 5.16 Å². The van der Waals surface area contributed by atoms with Crippen LogP contribution >= 0.6 is 11.8 Å². The Kier molecular flexibility index (Phi) is 2.77. The Morgan fingerprint density at radius 3 is 2.61 bits per heavy atom. The van der Waals surface area contributed by atoms with E-state index in [4.69, 9.17) is 5.73 Å². The van der Waals surface area contributed by atoms with E-state index in [0.717, 1.165) is 11.0 Å². The van der Waals surface area contributed by atoms with E-state index in [0.29, 0.717) is 15.9 Å². The molecular weight excluding hydrogens is 246 g/mol. The highest BCUT2D eigenvalue weighted by atomic mass is 32.2. The number of rotatable bonds is 2. The topological polar surface area (TPSA) is 77.6 Å². The number of para-hydroxylation sites is 1. The molecule has 0 unspecified atom stereocenters. The molecule has 0 aliphatic carbocycles. The first-order chi connectivity index (χ1) is 8.83. The average Bonchev–Trinajstić information content (AvgIpc) is 2.41. The van der Waals surface area contributed by atoms with E-state index in [1.54, 1.807) is 18.3 Å². The zero-order chi connectivity index (χ0) is 12.4. The number of pyridine rings is 1. The second-order valence-electron chi connectivity index (χ2n) is 3.58. The molecule has 2 aromatic heterocycles. The summed E-state index contributed by atoms with van der Waals surface area (Å²) in [6.07, 6.45) is 1.69. The second kappa shape index (κ2) is 4.58. The van der Waals surface area contributed by atoms with Crippen LogP contribution in [0.5, 0.6) is 0 Å². The largest absolute Gasteiger partial charge is 0.397 e. The van der Waals surface area contributed by atoms with Gasteiger partial charge in [-0.05, 0) is 36.0 Å². The summed E-state index contributed by atoms with van der Waals surface area (Å²) in [5.74, 6) is 0. The molecule has 0 atom stereocenters. The van der Waals surface area contributed by atoms with Crippen molar-refractivity contribution in [1.82, 2.24) is 20.2 Å². The minimum absolute atomic E-state index is 0.541. The fraction of sp³-hybridized carbons (Fsp3) is 0. The number of nitrogens with two attached hydrogens (primary N) is 1. The maximum atomic E-state index is 5.82. The maximum Gasteiger partial charge on any atom is 0.216 e. The van der Waals surface area contributed by atoms with E-state index in [2.05, 4.69) is 20.2 Å². The van der Waals surface area contributed by atoms with Gasteiger partial charge in [0, 0.05) is 6.20 Å². The van der Waals surface area contributed by atoms with Crippen molar-refractivity contribution in [2.75, 3.05) is 5.73 Å². The van der Waals surface area contributed by atoms with Gasteiger partial charge in [0.1, 0.15) is 10.5 Å². The SMILES string of the molecule is Nc1cccnc1Sc1nnc2ccccc2n1. The fourth-order valence-corrected chi connectivity index (χ4v) is 2.18. The molecule has 3 rings (SSSR count). The zero-order valence-electron chi connectivity index (χ0n) is 9.32. The molecule has 88 valence electrons. The van der Waals surface area contributed by atoms with Crippen molar-refractivity contribution in [3.63, 3.8) is 0 Å². The van der Waals surface area contributed by atoms with Crippen molar-refractivity contribution in [1.29, 1.82) is 0 Å². The maximum absolute atomic E-state index is 5.82. The normalized spacial score (nSPS) is 10.7. The van der Waals surface area contributed by atoms with Crippen molar-refractivity contribution in [2.45, 2.75) is 10.2 Å². The predicted octanol–water partition coefficient (Wildman–Crippen LogP) is 2.15. The second-order valence-corrected chi connectivity index (χ2v) is 4.54. The van der Waals surface area contributed by atoms with Crippen LogP contribution in [0.2, 0.25) is 0 Å². The summed E-state index contributed by atoms with van der Waals surface area (Å²) in [6, 6.07) is 11.2. The number of anilines is 1. The average molecular weight is 255 g/mol. The third-order valence-corrected chi connectivity index (χ3v) is 3.22. The first-order valence-electron chi connectivity index (χ1n) is 5.31. The minimum Gasteiger partial charge on any atom is -0.397 e. The van der Waals surface area contributed by atoms with Crippen LogP contribution in [-0.2, 0) is 0 Å². The van der Waals surface area contributed by atoms with Gasteiger partial charge in [-0.2, -0.15) is 0 Å². The lowest BCUT2D eigenvalue weighted by Gasteiger charge is -2.02. The molecule has 0 aliphatic heterocycles. The Bertz CT molecular complexity index is 701. The van der Waals surface area contributed by atoms with E-state index >= 15 is 0 Å². The lowest BCUT2D eigenvalue weighted by atomic mass is 10.3. The Morgan fingerprint density at radius 1 is 0.944 bits per heavy atom. The van der Waals surface area contributed by atoms with Gasteiger partial charge in [0.15, 0.2) is 0 Å². The van der Waals surface area contributed by atoms with Crippen LogP contribution in [0.4, 0.5) is 5.69 Å². The number of fused-ring (bicyclic) bond motifs is 1. The third kappa shape index (κ3) is 2.10. The van der Waals surface area contributed by atoms with Gasteiger partial charge >= 0.3 is 0 Å². The van der Waals surface area contributed by atoms with Crippen molar-refractivity contribution in [3.8, 4) is 0 Å². The van der Waals surface area contributed by atoms with Crippen molar-refractivity contribution < 1.29 is 0 Å². The molecule has 0 amide bonds. The molecule has 0 saturated heterocycles. The van der Waals surface area contributed by atoms with Crippen LogP contribution in [0.1, 0.15) is 0 Å². The summed E-state index contributed by atoms with van der Waals surface area (Å²) in [6.45, 7) is 0.